The number of benzene rings is 2. The molecule has 0 unspecified atom stereocenters. The summed E-state index contributed by atoms with van der Waals surface area (Å²) in [7, 11) is 0. The smallest absolute Gasteiger partial charge is 0.269 e. The molecular weight excluding hydrogens is 361 g/mol. The van der Waals surface area contributed by atoms with Crippen molar-refractivity contribution in [3.63, 3.8) is 0 Å². The molecule has 6 nitrogen and oxygen atoms in total. The average Bonchev–Trinajstić information content (AvgIpc) is 2.51. The van der Waals surface area contributed by atoms with Gasteiger partial charge >= 0.3 is 0 Å². The highest BCUT2D eigenvalue weighted by Crippen LogP contribution is 2.24. The fraction of sp³-hybridized carbons (Fsp3) is 0. The van der Waals surface area contributed by atoms with E-state index in [1.165, 1.54) is 24.3 Å². The number of halogens is 2. The fourth-order valence-electron chi connectivity index (χ4n) is 1.65. The van der Waals surface area contributed by atoms with Crippen LogP contribution in [0.3, 0.4) is 0 Å². The molecule has 0 heterocycles. The molecule has 0 radical (unpaired) electrons. The van der Waals surface area contributed by atoms with Crippen molar-refractivity contribution < 1.29 is 9.72 Å². The Kier molecular flexibility index (Phi) is 5.49. The van der Waals surface area contributed by atoms with E-state index in [0.29, 0.717) is 15.7 Å². The predicted octanol–water partition coefficient (Wildman–Crippen LogP) is 4.03. The molecule has 0 aliphatic carbocycles. The zero-order valence-electron chi connectivity index (χ0n) is 11.4. The fourth-order valence-corrected chi connectivity index (χ4v) is 2.15. The lowest BCUT2D eigenvalue weighted by atomic mass is 10.2. The summed E-state index contributed by atoms with van der Waals surface area (Å²) in [6, 6.07) is 9.97. The third kappa shape index (κ3) is 4.62. The van der Waals surface area contributed by atoms with Crippen molar-refractivity contribution in [1.82, 2.24) is 5.32 Å². The van der Waals surface area contributed by atoms with Crippen LogP contribution in [0.15, 0.2) is 42.5 Å². The third-order valence-electron chi connectivity index (χ3n) is 2.74. The number of amides is 1. The zero-order valence-corrected chi connectivity index (χ0v) is 13.7. The van der Waals surface area contributed by atoms with E-state index in [-0.39, 0.29) is 16.4 Å². The van der Waals surface area contributed by atoms with Gasteiger partial charge in [0.1, 0.15) is 0 Å². The van der Waals surface area contributed by atoms with Crippen molar-refractivity contribution in [2.45, 2.75) is 0 Å². The van der Waals surface area contributed by atoms with Gasteiger partial charge in [-0.1, -0.05) is 23.2 Å². The Bertz CT molecular complexity index is 781. The van der Waals surface area contributed by atoms with Crippen molar-refractivity contribution >= 4 is 57.8 Å². The molecule has 0 aromatic heterocycles. The van der Waals surface area contributed by atoms with Crippen LogP contribution in [-0.4, -0.2) is 15.9 Å². The summed E-state index contributed by atoms with van der Waals surface area (Å²) < 4.78 is 0. The first-order valence-electron chi connectivity index (χ1n) is 6.18. The van der Waals surface area contributed by atoms with E-state index >= 15 is 0 Å². The van der Waals surface area contributed by atoms with Crippen molar-refractivity contribution in [1.29, 1.82) is 0 Å². The predicted molar refractivity (Wildman–Crippen MR) is 93.2 cm³/mol. The molecule has 0 aliphatic heterocycles. The summed E-state index contributed by atoms with van der Waals surface area (Å²) >= 11 is 16.7. The Morgan fingerprint density at radius 1 is 1.09 bits per heavy atom. The molecule has 9 heteroatoms. The Morgan fingerprint density at radius 3 is 2.30 bits per heavy atom. The molecule has 2 aromatic carbocycles. The molecule has 0 aliphatic rings. The molecule has 0 bridgehead atoms. The average molecular weight is 370 g/mol. The van der Waals surface area contributed by atoms with Crippen LogP contribution in [0.1, 0.15) is 10.4 Å². The van der Waals surface area contributed by atoms with E-state index in [1.54, 1.807) is 18.2 Å². The summed E-state index contributed by atoms with van der Waals surface area (Å²) in [6.07, 6.45) is 0. The van der Waals surface area contributed by atoms with Crippen molar-refractivity contribution in [2.24, 2.45) is 0 Å². The molecule has 0 spiro atoms. The molecule has 2 aromatic rings. The van der Waals surface area contributed by atoms with Crippen molar-refractivity contribution in [2.75, 3.05) is 5.32 Å². The van der Waals surface area contributed by atoms with Crippen molar-refractivity contribution in [3.05, 3.63) is 68.2 Å². The lowest BCUT2D eigenvalue weighted by Gasteiger charge is -2.10. The third-order valence-corrected chi connectivity index (χ3v) is 3.69. The van der Waals surface area contributed by atoms with Crippen LogP contribution in [0.25, 0.3) is 0 Å². The lowest BCUT2D eigenvalue weighted by Crippen LogP contribution is -2.34. The van der Waals surface area contributed by atoms with E-state index in [1.807, 2.05) is 0 Å². The molecule has 0 saturated carbocycles. The van der Waals surface area contributed by atoms with Crippen LogP contribution >= 0.6 is 35.4 Å². The number of hydrogen-bond donors (Lipinski definition) is 2. The highest BCUT2D eigenvalue weighted by Gasteiger charge is 2.11. The second-order valence-electron chi connectivity index (χ2n) is 4.34. The van der Waals surface area contributed by atoms with Gasteiger partial charge in [0.25, 0.3) is 11.6 Å². The standard InChI is InChI=1S/C14H9Cl2N3O3S/c15-11-6-3-9(7-12(11)16)17-14(23)18-13(20)8-1-4-10(5-2-8)19(21)22/h1-7H,(H2,17,18,20,23). The van der Waals surface area contributed by atoms with Crippen LogP contribution in [0.2, 0.25) is 10.0 Å². The topological polar surface area (TPSA) is 84.3 Å². The van der Waals surface area contributed by atoms with E-state index in [2.05, 4.69) is 10.6 Å². The molecule has 118 valence electrons. The van der Waals surface area contributed by atoms with Crippen LogP contribution in [-0.2, 0) is 0 Å². The SMILES string of the molecule is O=C(NC(=S)Nc1ccc(Cl)c(Cl)c1)c1ccc([N+](=O)[O-])cc1. The van der Waals surface area contributed by atoms with Crippen LogP contribution < -0.4 is 10.6 Å². The van der Waals surface area contributed by atoms with E-state index in [9.17, 15) is 14.9 Å². The molecule has 2 rings (SSSR count). The van der Waals surface area contributed by atoms with Gasteiger partial charge in [0.05, 0.1) is 15.0 Å². The van der Waals surface area contributed by atoms with Gasteiger partial charge in [-0.2, -0.15) is 0 Å². The second kappa shape index (κ2) is 7.36. The van der Waals surface area contributed by atoms with E-state index in [0.717, 1.165) is 0 Å². The summed E-state index contributed by atoms with van der Waals surface area (Å²) in [5.41, 5.74) is 0.709. The van der Waals surface area contributed by atoms with Gasteiger partial charge in [-0.15, -0.1) is 0 Å². The Hall–Kier alpha value is -2.22. The maximum absolute atomic E-state index is 12.0. The van der Waals surface area contributed by atoms with Crippen LogP contribution in [0, 0.1) is 10.1 Å². The highest BCUT2D eigenvalue weighted by atomic mass is 35.5. The van der Waals surface area contributed by atoms with Crippen LogP contribution in [0.4, 0.5) is 11.4 Å². The largest absolute Gasteiger partial charge is 0.332 e. The minimum atomic E-state index is -0.544. The number of hydrogen-bond acceptors (Lipinski definition) is 4. The number of thiocarbonyl (C=S) groups is 1. The van der Waals surface area contributed by atoms with Gasteiger partial charge in [-0.25, -0.2) is 0 Å². The second-order valence-corrected chi connectivity index (χ2v) is 5.56. The number of nitro groups is 1. The van der Waals surface area contributed by atoms with Gasteiger partial charge in [-0.05, 0) is 42.5 Å². The quantitative estimate of drug-likeness (QED) is 0.484. The Morgan fingerprint density at radius 2 is 1.74 bits per heavy atom. The van der Waals surface area contributed by atoms with Crippen molar-refractivity contribution in [3.8, 4) is 0 Å². The van der Waals surface area contributed by atoms with E-state index < -0.39 is 10.8 Å². The number of nitrogens with zero attached hydrogens (tertiary/aromatic N) is 1. The first-order valence-corrected chi connectivity index (χ1v) is 7.35. The molecule has 0 atom stereocenters. The van der Waals surface area contributed by atoms with Gasteiger partial charge in [0.2, 0.25) is 0 Å². The summed E-state index contributed by atoms with van der Waals surface area (Å²) in [5.74, 6) is -0.488. The molecule has 0 fully saturated rings. The first kappa shape index (κ1) is 17.1. The number of carbonyl (C=O) groups is 1. The number of nitro benzene ring substituents is 1. The molecule has 0 saturated heterocycles. The summed E-state index contributed by atoms with van der Waals surface area (Å²) in [4.78, 5) is 22.0. The van der Waals surface area contributed by atoms with Gasteiger partial charge in [0, 0.05) is 23.4 Å². The summed E-state index contributed by atoms with van der Waals surface area (Å²) in [6.45, 7) is 0. The van der Waals surface area contributed by atoms with Crippen LogP contribution in [0.5, 0.6) is 0 Å². The zero-order chi connectivity index (χ0) is 17.0. The molecule has 2 N–H and O–H groups in total. The first-order chi connectivity index (χ1) is 10.9. The summed E-state index contributed by atoms with van der Waals surface area (Å²) in [5, 5.41) is 16.6. The molecular formula is C14H9Cl2N3O3S. The normalized spacial score (nSPS) is 10.0. The number of anilines is 1. The van der Waals surface area contributed by atoms with E-state index in [4.69, 9.17) is 35.4 Å². The minimum Gasteiger partial charge on any atom is -0.332 e. The maximum atomic E-state index is 12.0. The monoisotopic (exact) mass is 369 g/mol. The Labute approximate surface area is 146 Å². The maximum Gasteiger partial charge on any atom is 0.269 e. The molecule has 1 amide bonds. The highest BCUT2D eigenvalue weighted by molar-refractivity contribution is 7.80. The number of non-ortho nitro benzene ring substituents is 1. The number of nitrogens with one attached hydrogen (secondary N) is 2. The van der Waals surface area contributed by atoms with Gasteiger partial charge in [0.15, 0.2) is 5.11 Å². The number of rotatable bonds is 3. The minimum absolute atomic E-state index is 0.0618. The lowest BCUT2D eigenvalue weighted by molar-refractivity contribution is -0.384. The van der Waals surface area contributed by atoms with Gasteiger partial charge in [-0.3, -0.25) is 20.2 Å². The molecule has 23 heavy (non-hydrogen) atoms. The Balaban J connectivity index is 2.00. The van der Waals surface area contributed by atoms with Gasteiger partial charge < -0.3 is 5.32 Å². The number of carbonyl (C=O) groups excluding carboxylic acids is 1.